The molecule has 0 unspecified atom stereocenters. The summed E-state index contributed by atoms with van der Waals surface area (Å²) in [5, 5.41) is 2.33. The zero-order valence-corrected chi connectivity index (χ0v) is 6.85. The maximum absolute atomic E-state index is 13.1. The Labute approximate surface area is 73.6 Å². The van der Waals surface area contributed by atoms with Crippen LogP contribution in [0.25, 0.3) is 0 Å². The molecule has 0 radical (unpaired) electrons. The molecular weight excluding hydrogens is 173 g/mol. The Morgan fingerprint density at radius 3 is 2.62 bits per heavy atom. The highest BCUT2D eigenvalue weighted by Crippen LogP contribution is 2.28. The number of anilines is 1. The minimum Gasteiger partial charge on any atom is -0.318 e. The lowest BCUT2D eigenvalue weighted by Gasteiger charge is -2.01. The van der Waals surface area contributed by atoms with Gasteiger partial charge in [0.2, 0.25) is 0 Å². The molecule has 1 N–H and O–H groups in total. The average molecular weight is 179 g/mol. The summed E-state index contributed by atoms with van der Waals surface area (Å²) in [4.78, 5) is 22.0. The van der Waals surface area contributed by atoms with E-state index in [1.54, 1.807) is 6.92 Å². The molecule has 1 aliphatic heterocycles. The summed E-state index contributed by atoms with van der Waals surface area (Å²) < 4.78 is 13.1. The van der Waals surface area contributed by atoms with Crippen molar-refractivity contribution >= 4 is 17.4 Å². The van der Waals surface area contributed by atoms with Gasteiger partial charge in [-0.15, -0.1) is 0 Å². The summed E-state index contributed by atoms with van der Waals surface area (Å²) in [7, 11) is 0. The van der Waals surface area contributed by atoms with Crippen LogP contribution < -0.4 is 5.32 Å². The SMILES string of the molecule is Cc1ccc(F)c2c1NC(=O)C2=O. The molecule has 1 aromatic carbocycles. The van der Waals surface area contributed by atoms with E-state index in [2.05, 4.69) is 5.32 Å². The molecule has 0 fully saturated rings. The molecule has 0 aliphatic carbocycles. The number of carbonyl (C=O) groups excluding carboxylic acids is 2. The van der Waals surface area contributed by atoms with Crippen LogP contribution >= 0.6 is 0 Å². The first kappa shape index (κ1) is 7.91. The Balaban J connectivity index is 2.75. The topological polar surface area (TPSA) is 46.2 Å². The fourth-order valence-electron chi connectivity index (χ4n) is 1.35. The molecule has 0 saturated carbocycles. The molecule has 2 rings (SSSR count). The Bertz CT molecular complexity index is 426. The second kappa shape index (κ2) is 2.39. The Kier molecular flexibility index (Phi) is 1.45. The summed E-state index contributed by atoms with van der Waals surface area (Å²) in [6, 6.07) is 2.71. The number of rotatable bonds is 0. The van der Waals surface area contributed by atoms with Crippen LogP contribution in [-0.2, 0) is 4.79 Å². The molecule has 0 saturated heterocycles. The van der Waals surface area contributed by atoms with Crippen LogP contribution in [-0.4, -0.2) is 11.7 Å². The van der Waals surface area contributed by atoms with E-state index < -0.39 is 17.5 Å². The highest BCUT2D eigenvalue weighted by Gasteiger charge is 2.32. The molecule has 3 nitrogen and oxygen atoms in total. The van der Waals surface area contributed by atoms with Crippen molar-refractivity contribution < 1.29 is 14.0 Å². The number of benzene rings is 1. The molecular formula is C9H6FNO2. The number of halogens is 1. The van der Waals surface area contributed by atoms with Crippen molar-refractivity contribution in [2.45, 2.75) is 6.92 Å². The van der Waals surface area contributed by atoms with Crippen LogP contribution in [0, 0.1) is 12.7 Å². The van der Waals surface area contributed by atoms with Crippen molar-refractivity contribution in [3.8, 4) is 0 Å². The maximum Gasteiger partial charge on any atom is 0.296 e. The number of hydrogen-bond donors (Lipinski definition) is 1. The number of hydrogen-bond acceptors (Lipinski definition) is 2. The van der Waals surface area contributed by atoms with Crippen molar-refractivity contribution in [3.63, 3.8) is 0 Å². The highest BCUT2D eigenvalue weighted by atomic mass is 19.1. The highest BCUT2D eigenvalue weighted by molar-refractivity contribution is 6.51. The standard InChI is InChI=1S/C9H6FNO2/c1-4-2-3-5(10)6-7(4)11-9(13)8(6)12/h2-3H,1H3,(H,11,12,13). The second-order valence-electron chi connectivity index (χ2n) is 2.90. The van der Waals surface area contributed by atoms with Crippen molar-refractivity contribution in [2.24, 2.45) is 0 Å². The van der Waals surface area contributed by atoms with Gasteiger partial charge in [-0.05, 0) is 18.6 Å². The summed E-state index contributed by atoms with van der Waals surface area (Å²) in [5.74, 6) is -2.21. The van der Waals surface area contributed by atoms with Gasteiger partial charge < -0.3 is 5.32 Å². The van der Waals surface area contributed by atoms with E-state index in [0.717, 1.165) is 0 Å². The van der Waals surface area contributed by atoms with E-state index >= 15 is 0 Å². The van der Waals surface area contributed by atoms with E-state index in [1.165, 1.54) is 12.1 Å². The van der Waals surface area contributed by atoms with Crippen LogP contribution in [0.4, 0.5) is 10.1 Å². The Hall–Kier alpha value is -1.71. The third-order valence-corrected chi connectivity index (χ3v) is 2.03. The van der Waals surface area contributed by atoms with E-state index in [1.807, 2.05) is 0 Å². The first-order valence-electron chi connectivity index (χ1n) is 3.76. The number of aryl methyl sites for hydroxylation is 1. The van der Waals surface area contributed by atoms with Crippen molar-refractivity contribution in [1.82, 2.24) is 0 Å². The van der Waals surface area contributed by atoms with E-state index in [0.29, 0.717) is 11.3 Å². The maximum atomic E-state index is 13.1. The lowest BCUT2D eigenvalue weighted by Crippen LogP contribution is -2.13. The molecule has 0 aromatic heterocycles. The minimum atomic E-state index is -0.795. The number of ketones is 1. The third-order valence-electron chi connectivity index (χ3n) is 2.03. The molecule has 66 valence electrons. The predicted octanol–water partition coefficient (Wildman–Crippen LogP) is 1.27. The van der Waals surface area contributed by atoms with Crippen molar-refractivity contribution in [2.75, 3.05) is 5.32 Å². The van der Waals surface area contributed by atoms with Gasteiger partial charge in [-0.3, -0.25) is 9.59 Å². The van der Waals surface area contributed by atoms with E-state index in [-0.39, 0.29) is 5.56 Å². The van der Waals surface area contributed by atoms with Gasteiger partial charge >= 0.3 is 0 Å². The number of fused-ring (bicyclic) bond motifs is 1. The average Bonchev–Trinajstić information content (AvgIpc) is 2.38. The van der Waals surface area contributed by atoms with E-state index in [9.17, 15) is 14.0 Å². The molecule has 1 heterocycles. The number of nitrogens with one attached hydrogen (secondary N) is 1. The van der Waals surface area contributed by atoms with Gasteiger partial charge in [0.25, 0.3) is 11.7 Å². The summed E-state index contributed by atoms with van der Waals surface area (Å²) >= 11 is 0. The monoisotopic (exact) mass is 179 g/mol. The quantitative estimate of drug-likeness (QED) is 0.609. The number of carbonyl (C=O) groups is 2. The van der Waals surface area contributed by atoms with Crippen LogP contribution in [0.1, 0.15) is 15.9 Å². The van der Waals surface area contributed by atoms with E-state index in [4.69, 9.17) is 0 Å². The first-order chi connectivity index (χ1) is 6.11. The lowest BCUT2D eigenvalue weighted by molar-refractivity contribution is -0.112. The van der Waals surface area contributed by atoms with Crippen LogP contribution in [0.5, 0.6) is 0 Å². The van der Waals surface area contributed by atoms with Gasteiger partial charge in [0.1, 0.15) is 5.82 Å². The molecule has 1 aliphatic rings. The zero-order valence-electron chi connectivity index (χ0n) is 6.85. The van der Waals surface area contributed by atoms with Crippen molar-refractivity contribution in [1.29, 1.82) is 0 Å². The van der Waals surface area contributed by atoms with Gasteiger partial charge in [-0.2, -0.15) is 0 Å². The fraction of sp³-hybridized carbons (Fsp3) is 0.111. The molecule has 1 aromatic rings. The predicted molar refractivity (Wildman–Crippen MR) is 44.1 cm³/mol. The third kappa shape index (κ3) is 0.950. The molecule has 4 heteroatoms. The summed E-state index contributed by atoms with van der Waals surface area (Å²) in [5.41, 5.74) is 0.857. The largest absolute Gasteiger partial charge is 0.318 e. The number of amides is 1. The van der Waals surface area contributed by atoms with Gasteiger partial charge in [0.05, 0.1) is 11.3 Å². The molecule has 1 amide bonds. The fourth-order valence-corrected chi connectivity index (χ4v) is 1.35. The molecule has 0 spiro atoms. The molecule has 0 bridgehead atoms. The van der Waals surface area contributed by atoms with Crippen molar-refractivity contribution in [3.05, 3.63) is 29.1 Å². The van der Waals surface area contributed by atoms with Gasteiger partial charge in [0, 0.05) is 0 Å². The molecule has 13 heavy (non-hydrogen) atoms. The summed E-state index contributed by atoms with van der Waals surface area (Å²) in [6.45, 7) is 1.71. The van der Waals surface area contributed by atoms with Crippen LogP contribution in [0.15, 0.2) is 12.1 Å². The first-order valence-corrected chi connectivity index (χ1v) is 3.76. The van der Waals surface area contributed by atoms with Gasteiger partial charge in [-0.1, -0.05) is 6.07 Å². The van der Waals surface area contributed by atoms with Crippen LogP contribution in [0.2, 0.25) is 0 Å². The Morgan fingerprint density at radius 1 is 1.31 bits per heavy atom. The lowest BCUT2D eigenvalue weighted by atomic mass is 10.1. The Morgan fingerprint density at radius 2 is 2.00 bits per heavy atom. The zero-order chi connectivity index (χ0) is 9.59. The van der Waals surface area contributed by atoms with Crippen LogP contribution in [0.3, 0.4) is 0 Å². The number of Topliss-reactive ketones (excluding diaryl/α,β-unsaturated/α-hetero) is 1. The minimum absolute atomic E-state index is 0.134. The normalized spacial score (nSPS) is 14.3. The smallest absolute Gasteiger partial charge is 0.296 e. The second-order valence-corrected chi connectivity index (χ2v) is 2.90. The summed E-state index contributed by atoms with van der Waals surface area (Å²) in [6.07, 6.45) is 0. The van der Waals surface area contributed by atoms with Gasteiger partial charge in [-0.25, -0.2) is 4.39 Å². The molecule has 0 atom stereocenters. The van der Waals surface area contributed by atoms with Gasteiger partial charge in [0.15, 0.2) is 0 Å².